The van der Waals surface area contributed by atoms with Gasteiger partial charge < -0.3 is 5.73 Å². The molecule has 2 aromatic rings. The van der Waals surface area contributed by atoms with Gasteiger partial charge in [0.25, 0.3) is 0 Å². The summed E-state index contributed by atoms with van der Waals surface area (Å²) in [5.41, 5.74) is 8.15. The topological polar surface area (TPSA) is 60.2 Å². The van der Waals surface area contributed by atoms with Crippen LogP contribution in [0.1, 0.15) is 5.56 Å². The van der Waals surface area contributed by atoms with Gasteiger partial charge in [0.1, 0.15) is 5.75 Å². The van der Waals surface area contributed by atoms with E-state index >= 15 is 0 Å². The van der Waals surface area contributed by atoms with E-state index < -0.39 is 16.7 Å². The summed E-state index contributed by atoms with van der Waals surface area (Å²) in [6, 6.07) is 17.7. The van der Waals surface area contributed by atoms with Crippen molar-refractivity contribution in [1.29, 1.82) is 0 Å². The van der Waals surface area contributed by atoms with Crippen LogP contribution in [0.25, 0.3) is 11.1 Å². The Balaban J connectivity index is 2.27. The van der Waals surface area contributed by atoms with Crippen LogP contribution in [0.2, 0.25) is 0 Å². The van der Waals surface area contributed by atoms with E-state index in [1.807, 2.05) is 54.6 Å². The number of rotatable bonds is 5. The van der Waals surface area contributed by atoms with E-state index in [0.717, 1.165) is 16.7 Å². The van der Waals surface area contributed by atoms with Gasteiger partial charge in [-0.1, -0.05) is 54.6 Å². The number of nitrogens with two attached hydrogens (primary N) is 1. The number of amides is 1. The Bertz CT molecular complexity index is 596. The lowest BCUT2D eigenvalue weighted by Crippen LogP contribution is -2.20. The summed E-state index contributed by atoms with van der Waals surface area (Å²) in [4.78, 5) is 10.8. The second-order valence-corrected chi connectivity index (χ2v) is 5.67. The molecule has 0 spiro atoms. The molecule has 0 aliphatic heterocycles. The highest BCUT2D eigenvalue weighted by atomic mass is 32.2. The molecule has 2 N–H and O–H groups in total. The fraction of sp³-hybridized carbons (Fsp3) is 0.133. The van der Waals surface area contributed by atoms with E-state index in [-0.39, 0.29) is 5.75 Å². The van der Waals surface area contributed by atoms with Gasteiger partial charge in [-0.2, -0.15) is 0 Å². The Morgan fingerprint density at radius 2 is 1.63 bits per heavy atom. The summed E-state index contributed by atoms with van der Waals surface area (Å²) in [5, 5.41) is 0. The third-order valence-corrected chi connectivity index (χ3v) is 3.96. The maximum Gasteiger partial charge on any atom is 0.230 e. The highest BCUT2D eigenvalue weighted by Gasteiger charge is 2.09. The lowest BCUT2D eigenvalue weighted by molar-refractivity contribution is -0.115. The van der Waals surface area contributed by atoms with E-state index in [4.69, 9.17) is 5.73 Å². The minimum atomic E-state index is -1.26. The second kappa shape index (κ2) is 6.29. The molecule has 0 aliphatic rings. The molecule has 0 radical (unpaired) electrons. The van der Waals surface area contributed by atoms with E-state index in [1.165, 1.54) is 0 Å². The zero-order valence-corrected chi connectivity index (χ0v) is 11.2. The Kier molecular flexibility index (Phi) is 4.47. The molecule has 0 aromatic heterocycles. The molecule has 0 saturated heterocycles. The first-order valence-electron chi connectivity index (χ1n) is 5.93. The van der Waals surface area contributed by atoms with Crippen molar-refractivity contribution in [2.45, 2.75) is 5.75 Å². The van der Waals surface area contributed by atoms with Gasteiger partial charge in [-0.15, -0.1) is 0 Å². The molecule has 0 aliphatic carbocycles. The van der Waals surface area contributed by atoms with Gasteiger partial charge in [0.05, 0.1) is 0 Å². The summed E-state index contributed by atoms with van der Waals surface area (Å²) >= 11 is 0. The van der Waals surface area contributed by atoms with Crippen molar-refractivity contribution in [1.82, 2.24) is 0 Å². The minimum absolute atomic E-state index is 0.0941. The SMILES string of the molecule is NC(=O)C[S@](=O)Cc1ccccc1-c1ccccc1. The zero-order chi connectivity index (χ0) is 13.7. The normalized spacial score (nSPS) is 12.0. The first kappa shape index (κ1) is 13.5. The number of benzene rings is 2. The lowest BCUT2D eigenvalue weighted by Gasteiger charge is -2.09. The third-order valence-electron chi connectivity index (χ3n) is 2.72. The average Bonchev–Trinajstić information content (AvgIpc) is 2.39. The zero-order valence-electron chi connectivity index (χ0n) is 10.4. The number of carbonyl (C=O) groups excluding carboxylic acids is 1. The van der Waals surface area contributed by atoms with Gasteiger partial charge in [-0.25, -0.2) is 0 Å². The molecule has 0 saturated carbocycles. The van der Waals surface area contributed by atoms with Crippen LogP contribution in [0.15, 0.2) is 54.6 Å². The molecular formula is C15H15NO2S. The Labute approximate surface area is 114 Å². The average molecular weight is 273 g/mol. The maximum atomic E-state index is 11.8. The van der Waals surface area contributed by atoms with Gasteiger partial charge in [0.2, 0.25) is 5.91 Å². The molecule has 2 rings (SSSR count). The molecule has 0 heterocycles. The fourth-order valence-corrected chi connectivity index (χ4v) is 2.95. The minimum Gasteiger partial charge on any atom is -0.369 e. The molecule has 0 bridgehead atoms. The van der Waals surface area contributed by atoms with E-state index in [2.05, 4.69) is 0 Å². The van der Waals surface area contributed by atoms with Crippen LogP contribution in [0, 0.1) is 0 Å². The number of hydrogen-bond donors (Lipinski definition) is 1. The molecule has 1 amide bonds. The highest BCUT2D eigenvalue weighted by molar-refractivity contribution is 7.84. The molecule has 19 heavy (non-hydrogen) atoms. The summed E-state index contributed by atoms with van der Waals surface area (Å²) in [5.74, 6) is -0.285. The quantitative estimate of drug-likeness (QED) is 0.906. The standard InChI is InChI=1S/C15H15NO2S/c16-15(17)11-19(18)10-13-8-4-5-9-14(13)12-6-2-1-3-7-12/h1-9H,10-11H2,(H2,16,17)/t19-/m1/s1. The fourth-order valence-electron chi connectivity index (χ4n) is 1.93. The number of carbonyl (C=O) groups is 1. The van der Waals surface area contributed by atoms with Crippen molar-refractivity contribution in [2.75, 3.05) is 5.75 Å². The van der Waals surface area contributed by atoms with Gasteiger partial charge in [-0.05, 0) is 16.7 Å². The predicted octanol–water partition coefficient (Wildman–Crippen LogP) is 2.09. The Morgan fingerprint density at radius 3 is 2.32 bits per heavy atom. The highest BCUT2D eigenvalue weighted by Crippen LogP contribution is 2.24. The summed E-state index contributed by atoms with van der Waals surface area (Å²) < 4.78 is 11.8. The molecular weight excluding hydrogens is 258 g/mol. The first-order chi connectivity index (χ1) is 9.16. The van der Waals surface area contributed by atoms with Crippen LogP contribution in [-0.2, 0) is 21.3 Å². The first-order valence-corrected chi connectivity index (χ1v) is 7.42. The van der Waals surface area contributed by atoms with Crippen LogP contribution in [0.3, 0.4) is 0 Å². The van der Waals surface area contributed by atoms with Crippen molar-refractivity contribution in [3.8, 4) is 11.1 Å². The molecule has 3 nitrogen and oxygen atoms in total. The van der Waals surface area contributed by atoms with E-state index in [9.17, 15) is 9.00 Å². The van der Waals surface area contributed by atoms with Crippen molar-refractivity contribution < 1.29 is 9.00 Å². The van der Waals surface area contributed by atoms with Gasteiger partial charge >= 0.3 is 0 Å². The maximum absolute atomic E-state index is 11.8. The van der Waals surface area contributed by atoms with Gasteiger partial charge in [-0.3, -0.25) is 9.00 Å². The Hall–Kier alpha value is -1.94. The molecule has 98 valence electrons. The van der Waals surface area contributed by atoms with Crippen molar-refractivity contribution >= 4 is 16.7 Å². The van der Waals surface area contributed by atoms with E-state index in [1.54, 1.807) is 0 Å². The molecule has 0 fully saturated rings. The molecule has 4 heteroatoms. The lowest BCUT2D eigenvalue weighted by atomic mass is 10.0. The third kappa shape index (κ3) is 3.76. The van der Waals surface area contributed by atoms with Crippen molar-refractivity contribution in [2.24, 2.45) is 5.73 Å². The van der Waals surface area contributed by atoms with Crippen LogP contribution in [0.5, 0.6) is 0 Å². The van der Waals surface area contributed by atoms with Crippen molar-refractivity contribution in [3.05, 3.63) is 60.2 Å². The molecule has 1 atom stereocenters. The molecule has 2 aromatic carbocycles. The summed E-state index contributed by atoms with van der Waals surface area (Å²) in [7, 11) is -1.26. The van der Waals surface area contributed by atoms with Crippen molar-refractivity contribution in [3.63, 3.8) is 0 Å². The predicted molar refractivity (Wildman–Crippen MR) is 77.8 cm³/mol. The molecule has 0 unspecified atom stereocenters. The summed E-state index contributed by atoms with van der Waals surface area (Å²) in [6.07, 6.45) is 0. The summed E-state index contributed by atoms with van der Waals surface area (Å²) in [6.45, 7) is 0. The van der Waals surface area contributed by atoms with Crippen LogP contribution in [0.4, 0.5) is 0 Å². The van der Waals surface area contributed by atoms with Crippen LogP contribution >= 0.6 is 0 Å². The number of hydrogen-bond acceptors (Lipinski definition) is 2. The van der Waals surface area contributed by atoms with Crippen LogP contribution in [-0.4, -0.2) is 15.9 Å². The largest absolute Gasteiger partial charge is 0.369 e. The van der Waals surface area contributed by atoms with Crippen LogP contribution < -0.4 is 5.73 Å². The smallest absolute Gasteiger partial charge is 0.230 e. The monoisotopic (exact) mass is 273 g/mol. The Morgan fingerprint density at radius 1 is 1.00 bits per heavy atom. The second-order valence-electron chi connectivity index (χ2n) is 4.22. The number of primary amides is 1. The van der Waals surface area contributed by atoms with Gasteiger partial charge in [0, 0.05) is 16.6 Å². The van der Waals surface area contributed by atoms with Gasteiger partial charge in [0.15, 0.2) is 0 Å². The van der Waals surface area contributed by atoms with E-state index in [0.29, 0.717) is 5.75 Å².